The second-order valence-electron chi connectivity index (χ2n) is 8.52. The van der Waals surface area contributed by atoms with Crippen LogP contribution in [0.4, 0.5) is 0 Å². The highest BCUT2D eigenvalue weighted by atomic mass is 16.2. The lowest BCUT2D eigenvalue weighted by molar-refractivity contribution is -0.142. The Balaban J connectivity index is 1.54. The summed E-state index contributed by atoms with van der Waals surface area (Å²) < 4.78 is 0. The number of benzene rings is 1. The first kappa shape index (κ1) is 19.9. The molecule has 0 radical (unpaired) electrons. The average Bonchev–Trinajstić information content (AvgIpc) is 3.50. The maximum absolute atomic E-state index is 13.1. The van der Waals surface area contributed by atoms with Crippen LogP contribution >= 0.6 is 0 Å². The summed E-state index contributed by atoms with van der Waals surface area (Å²) in [6.45, 7) is 6.15. The minimum absolute atomic E-state index is 0.0275. The van der Waals surface area contributed by atoms with Gasteiger partial charge in [0.25, 0.3) is 0 Å². The molecule has 2 fully saturated rings. The van der Waals surface area contributed by atoms with Crippen LogP contribution < -0.4 is 5.73 Å². The summed E-state index contributed by atoms with van der Waals surface area (Å²) in [6.07, 6.45) is 4.43. The van der Waals surface area contributed by atoms with E-state index in [0.29, 0.717) is 38.0 Å². The lowest BCUT2D eigenvalue weighted by Gasteiger charge is -2.35. The fourth-order valence-electron chi connectivity index (χ4n) is 3.98. The van der Waals surface area contributed by atoms with Crippen LogP contribution in [0.2, 0.25) is 0 Å². The second-order valence-corrected chi connectivity index (χ2v) is 8.52. The van der Waals surface area contributed by atoms with Gasteiger partial charge in [0, 0.05) is 31.6 Å². The van der Waals surface area contributed by atoms with E-state index in [-0.39, 0.29) is 17.7 Å². The molecule has 1 aliphatic carbocycles. The van der Waals surface area contributed by atoms with Gasteiger partial charge in [-0.05, 0) is 43.6 Å². The number of rotatable bonds is 7. The van der Waals surface area contributed by atoms with Crippen LogP contribution in [-0.4, -0.2) is 46.8 Å². The Kier molecular flexibility index (Phi) is 6.53. The lowest BCUT2D eigenvalue weighted by atomic mass is 9.93. The van der Waals surface area contributed by atoms with Crippen molar-refractivity contribution in [1.82, 2.24) is 9.80 Å². The van der Waals surface area contributed by atoms with Crippen molar-refractivity contribution in [1.29, 1.82) is 0 Å². The number of amides is 2. The van der Waals surface area contributed by atoms with Crippen LogP contribution in [0, 0.1) is 11.8 Å². The van der Waals surface area contributed by atoms with E-state index in [1.807, 2.05) is 23.1 Å². The van der Waals surface area contributed by atoms with Crippen molar-refractivity contribution in [3.8, 4) is 0 Å². The smallest absolute Gasteiger partial charge is 0.239 e. The van der Waals surface area contributed by atoms with Crippen molar-refractivity contribution >= 4 is 11.8 Å². The Hall–Kier alpha value is -1.88. The second kappa shape index (κ2) is 8.87. The summed E-state index contributed by atoms with van der Waals surface area (Å²) in [6, 6.07) is 10.2. The molecule has 5 heteroatoms. The van der Waals surface area contributed by atoms with Gasteiger partial charge in [-0.25, -0.2) is 0 Å². The van der Waals surface area contributed by atoms with Crippen LogP contribution in [-0.2, 0) is 16.1 Å². The van der Waals surface area contributed by atoms with Crippen LogP contribution in [0.5, 0.6) is 0 Å². The third-order valence-corrected chi connectivity index (χ3v) is 5.66. The molecule has 148 valence electrons. The molecule has 2 aliphatic rings. The van der Waals surface area contributed by atoms with E-state index in [1.165, 1.54) is 5.56 Å². The SMILES string of the molecule is CC(C)C[C@H](N)C(=O)N1CCC(C(=O)N(Cc2ccccc2)C2CC2)CC1. The Labute approximate surface area is 162 Å². The molecule has 0 bridgehead atoms. The fourth-order valence-corrected chi connectivity index (χ4v) is 3.98. The standard InChI is InChI=1S/C22H33N3O2/c1-16(2)14-20(23)22(27)24-12-10-18(11-13-24)21(26)25(19-8-9-19)15-17-6-4-3-5-7-17/h3-7,16,18-20H,8-15,23H2,1-2H3/t20-/m0/s1. The van der Waals surface area contributed by atoms with Gasteiger partial charge in [0.2, 0.25) is 11.8 Å². The van der Waals surface area contributed by atoms with E-state index >= 15 is 0 Å². The Morgan fingerprint density at radius 3 is 2.30 bits per heavy atom. The van der Waals surface area contributed by atoms with Gasteiger partial charge in [-0.3, -0.25) is 9.59 Å². The van der Waals surface area contributed by atoms with Crippen molar-refractivity contribution in [2.45, 2.75) is 64.6 Å². The van der Waals surface area contributed by atoms with Gasteiger partial charge in [-0.2, -0.15) is 0 Å². The minimum Gasteiger partial charge on any atom is -0.341 e. The molecule has 27 heavy (non-hydrogen) atoms. The summed E-state index contributed by atoms with van der Waals surface area (Å²) in [5.41, 5.74) is 7.24. The summed E-state index contributed by atoms with van der Waals surface area (Å²) in [5.74, 6) is 0.741. The first-order valence-corrected chi connectivity index (χ1v) is 10.3. The third-order valence-electron chi connectivity index (χ3n) is 5.66. The zero-order chi connectivity index (χ0) is 19.4. The highest BCUT2D eigenvalue weighted by molar-refractivity contribution is 5.83. The van der Waals surface area contributed by atoms with Crippen LogP contribution in [0.15, 0.2) is 30.3 Å². The van der Waals surface area contributed by atoms with E-state index in [4.69, 9.17) is 5.73 Å². The number of nitrogens with zero attached hydrogens (tertiary/aromatic N) is 2. The first-order chi connectivity index (χ1) is 13.0. The molecule has 1 atom stereocenters. The Morgan fingerprint density at radius 2 is 1.74 bits per heavy atom. The summed E-state index contributed by atoms with van der Waals surface area (Å²) in [5, 5.41) is 0. The van der Waals surface area contributed by atoms with Gasteiger partial charge in [0.1, 0.15) is 0 Å². The average molecular weight is 372 g/mol. The van der Waals surface area contributed by atoms with Crippen molar-refractivity contribution in [2.24, 2.45) is 17.6 Å². The molecular formula is C22H33N3O2. The number of piperidine rings is 1. The van der Waals surface area contributed by atoms with Crippen molar-refractivity contribution < 1.29 is 9.59 Å². The summed E-state index contributed by atoms with van der Waals surface area (Å²) in [4.78, 5) is 29.6. The molecule has 2 amide bonds. The van der Waals surface area contributed by atoms with Gasteiger partial charge in [0.05, 0.1) is 6.04 Å². The number of likely N-dealkylation sites (tertiary alicyclic amines) is 1. The van der Waals surface area contributed by atoms with Gasteiger partial charge in [-0.15, -0.1) is 0 Å². The van der Waals surface area contributed by atoms with Crippen LogP contribution in [0.25, 0.3) is 0 Å². The molecule has 3 rings (SSSR count). The van der Waals surface area contributed by atoms with Crippen molar-refractivity contribution in [3.63, 3.8) is 0 Å². The highest BCUT2D eigenvalue weighted by Gasteiger charge is 2.37. The monoisotopic (exact) mass is 371 g/mol. The molecule has 1 aromatic rings. The molecule has 0 aromatic heterocycles. The van der Waals surface area contributed by atoms with Crippen LogP contribution in [0.3, 0.4) is 0 Å². The quantitative estimate of drug-likeness (QED) is 0.801. The van der Waals surface area contributed by atoms with Crippen molar-refractivity contribution in [3.05, 3.63) is 35.9 Å². The van der Waals surface area contributed by atoms with E-state index in [1.54, 1.807) is 0 Å². The summed E-state index contributed by atoms with van der Waals surface area (Å²) >= 11 is 0. The van der Waals surface area contributed by atoms with E-state index in [0.717, 1.165) is 25.7 Å². The van der Waals surface area contributed by atoms with E-state index < -0.39 is 6.04 Å². The summed E-state index contributed by atoms with van der Waals surface area (Å²) in [7, 11) is 0. The van der Waals surface area contributed by atoms with Gasteiger partial charge in [0.15, 0.2) is 0 Å². The van der Waals surface area contributed by atoms with Gasteiger partial charge in [-0.1, -0.05) is 44.2 Å². The third kappa shape index (κ3) is 5.32. The van der Waals surface area contributed by atoms with Gasteiger partial charge < -0.3 is 15.5 Å². The van der Waals surface area contributed by atoms with E-state index in [2.05, 4.69) is 30.9 Å². The number of carbonyl (C=O) groups excluding carboxylic acids is 2. The number of carbonyl (C=O) groups is 2. The normalized spacial score (nSPS) is 19.2. The predicted octanol–water partition coefficient (Wildman–Crippen LogP) is 2.79. The maximum atomic E-state index is 13.1. The predicted molar refractivity (Wildman–Crippen MR) is 107 cm³/mol. The molecule has 0 unspecified atom stereocenters. The molecule has 1 aliphatic heterocycles. The Morgan fingerprint density at radius 1 is 1.11 bits per heavy atom. The topological polar surface area (TPSA) is 66.6 Å². The van der Waals surface area contributed by atoms with E-state index in [9.17, 15) is 9.59 Å². The molecule has 2 N–H and O–H groups in total. The molecule has 5 nitrogen and oxygen atoms in total. The molecular weight excluding hydrogens is 338 g/mol. The number of hydrogen-bond donors (Lipinski definition) is 1. The zero-order valence-electron chi connectivity index (χ0n) is 16.6. The largest absolute Gasteiger partial charge is 0.341 e. The van der Waals surface area contributed by atoms with Crippen molar-refractivity contribution in [2.75, 3.05) is 13.1 Å². The molecule has 1 saturated heterocycles. The molecule has 0 spiro atoms. The fraction of sp³-hybridized carbons (Fsp3) is 0.636. The Bertz CT molecular complexity index is 634. The lowest BCUT2D eigenvalue weighted by Crippen LogP contribution is -2.49. The minimum atomic E-state index is -0.418. The molecule has 1 heterocycles. The number of hydrogen-bond acceptors (Lipinski definition) is 3. The van der Waals surface area contributed by atoms with Gasteiger partial charge >= 0.3 is 0 Å². The first-order valence-electron chi connectivity index (χ1n) is 10.3. The maximum Gasteiger partial charge on any atom is 0.239 e. The number of nitrogens with two attached hydrogens (primary N) is 1. The van der Waals surface area contributed by atoms with Crippen LogP contribution in [0.1, 0.15) is 51.5 Å². The molecule has 1 aromatic carbocycles. The molecule has 1 saturated carbocycles. The zero-order valence-corrected chi connectivity index (χ0v) is 16.6. The highest BCUT2D eigenvalue weighted by Crippen LogP contribution is 2.32.